The van der Waals surface area contributed by atoms with E-state index in [1.54, 1.807) is 18.2 Å². The Morgan fingerprint density at radius 2 is 1.71 bits per heavy atom. The highest BCUT2D eigenvalue weighted by molar-refractivity contribution is 7.91. The summed E-state index contributed by atoms with van der Waals surface area (Å²) in [6.07, 6.45) is 3.50. The van der Waals surface area contributed by atoms with Gasteiger partial charge in [0.15, 0.2) is 9.84 Å². The molecular weight excluding hydrogens is 502 g/mol. The van der Waals surface area contributed by atoms with E-state index in [0.717, 1.165) is 36.0 Å². The lowest BCUT2D eigenvalue weighted by Crippen LogP contribution is -2.21. The van der Waals surface area contributed by atoms with Crippen LogP contribution in [0.25, 0.3) is 0 Å². The van der Waals surface area contributed by atoms with E-state index < -0.39 is 9.84 Å². The zero-order chi connectivity index (χ0) is 28.5. The normalized spacial score (nSPS) is 12.6. The zero-order valence-corrected chi connectivity index (χ0v) is 24.7. The number of methoxy groups -OCH3 is 2. The van der Waals surface area contributed by atoms with Crippen molar-refractivity contribution in [3.05, 3.63) is 53.1 Å². The maximum absolute atomic E-state index is 13.4. The number of benzene rings is 2. The molecule has 2 aromatic rings. The number of carbonyl (C=O) groups excluding carboxylic acids is 2. The van der Waals surface area contributed by atoms with Gasteiger partial charge in [-0.15, -0.1) is 0 Å². The van der Waals surface area contributed by atoms with E-state index in [-0.39, 0.29) is 46.7 Å². The predicted octanol–water partition coefficient (Wildman–Crippen LogP) is 6.19. The molecule has 0 radical (unpaired) electrons. The Morgan fingerprint density at radius 3 is 2.29 bits per heavy atom. The van der Waals surface area contributed by atoms with Crippen molar-refractivity contribution >= 4 is 27.4 Å². The monoisotopic (exact) mass is 545 g/mol. The van der Waals surface area contributed by atoms with E-state index in [0.29, 0.717) is 17.9 Å². The van der Waals surface area contributed by atoms with E-state index in [4.69, 9.17) is 9.47 Å². The van der Waals surface area contributed by atoms with Crippen molar-refractivity contribution in [1.82, 2.24) is 0 Å². The molecule has 7 nitrogen and oxygen atoms in total. The lowest BCUT2D eigenvalue weighted by atomic mass is 9.84. The van der Waals surface area contributed by atoms with Gasteiger partial charge in [-0.3, -0.25) is 9.59 Å². The number of sulfone groups is 1. The predicted molar refractivity (Wildman–Crippen MR) is 152 cm³/mol. The first-order valence-corrected chi connectivity index (χ1v) is 14.9. The number of anilines is 1. The van der Waals surface area contributed by atoms with Gasteiger partial charge in [0.1, 0.15) is 5.75 Å². The summed E-state index contributed by atoms with van der Waals surface area (Å²) in [6, 6.07) is 10.6. The second kappa shape index (κ2) is 13.8. The molecule has 0 saturated carbocycles. The molecule has 0 spiro atoms. The second-order valence-corrected chi connectivity index (χ2v) is 12.8. The summed E-state index contributed by atoms with van der Waals surface area (Å²) in [4.78, 5) is 25.5. The zero-order valence-electron chi connectivity index (χ0n) is 23.8. The molecule has 1 N–H and O–H groups in total. The molecule has 1 unspecified atom stereocenters. The van der Waals surface area contributed by atoms with Crippen LogP contribution >= 0.6 is 0 Å². The van der Waals surface area contributed by atoms with Crippen molar-refractivity contribution in [2.45, 2.75) is 89.4 Å². The Hall–Kier alpha value is -2.87. The molecule has 0 heterocycles. The van der Waals surface area contributed by atoms with E-state index >= 15 is 0 Å². The molecule has 0 aliphatic carbocycles. The van der Waals surface area contributed by atoms with Crippen LogP contribution in [-0.4, -0.2) is 40.3 Å². The van der Waals surface area contributed by atoms with Crippen molar-refractivity contribution in [2.24, 2.45) is 0 Å². The molecule has 38 heavy (non-hydrogen) atoms. The number of esters is 1. The first-order valence-electron chi connectivity index (χ1n) is 13.3. The number of carbonyl (C=O) groups is 2. The topological polar surface area (TPSA) is 98.8 Å². The minimum absolute atomic E-state index is 0.0717. The summed E-state index contributed by atoms with van der Waals surface area (Å²) in [5, 5.41) is 3.09. The molecule has 2 aromatic carbocycles. The number of rotatable bonds is 13. The molecule has 0 bridgehead atoms. The summed E-state index contributed by atoms with van der Waals surface area (Å²) in [5.41, 5.74) is 2.99. The SMILES string of the molecule is CCCCC(CC(=O)Nc1cc(CC(=O)OC)ccc1C(C)(C)C)c1ccc(S(=O)(=O)CCC)cc1OC. The van der Waals surface area contributed by atoms with Crippen LogP contribution in [0.3, 0.4) is 0 Å². The first kappa shape index (κ1) is 31.3. The third kappa shape index (κ3) is 8.58. The summed E-state index contributed by atoms with van der Waals surface area (Å²) in [7, 11) is -0.517. The Labute approximate surface area is 228 Å². The van der Waals surface area contributed by atoms with Gasteiger partial charge >= 0.3 is 5.97 Å². The van der Waals surface area contributed by atoms with Crippen LogP contribution in [0.1, 0.15) is 89.3 Å². The molecular formula is C30H43NO6S. The van der Waals surface area contributed by atoms with Crippen LogP contribution in [-0.2, 0) is 36.0 Å². The van der Waals surface area contributed by atoms with Gasteiger partial charge in [0.25, 0.3) is 0 Å². The number of amides is 1. The standard InChI is InChI=1S/C30H43NO6S/c1-8-10-11-22(24-14-13-23(20-27(24)36-6)38(34,35)16-9-2)19-28(32)31-26-17-21(18-29(33)37-7)12-15-25(26)30(3,4)5/h12-15,17,20,22H,8-11,16,18-19H2,1-7H3,(H,31,32). The highest BCUT2D eigenvalue weighted by atomic mass is 32.2. The minimum Gasteiger partial charge on any atom is -0.496 e. The molecule has 0 aromatic heterocycles. The van der Waals surface area contributed by atoms with Gasteiger partial charge in [0.2, 0.25) is 5.91 Å². The lowest BCUT2D eigenvalue weighted by Gasteiger charge is -2.25. The van der Waals surface area contributed by atoms with Gasteiger partial charge in [-0.2, -0.15) is 0 Å². The average Bonchev–Trinajstić information content (AvgIpc) is 2.85. The molecule has 0 saturated heterocycles. The van der Waals surface area contributed by atoms with Gasteiger partial charge in [0, 0.05) is 12.1 Å². The van der Waals surface area contributed by atoms with Crippen LogP contribution in [0.4, 0.5) is 5.69 Å². The Kier molecular flexibility index (Phi) is 11.4. The van der Waals surface area contributed by atoms with Crippen molar-refractivity contribution < 1.29 is 27.5 Å². The number of ether oxygens (including phenoxy) is 2. The molecule has 0 fully saturated rings. The fraction of sp³-hybridized carbons (Fsp3) is 0.533. The van der Waals surface area contributed by atoms with Gasteiger partial charge in [0.05, 0.1) is 31.3 Å². The molecule has 0 aliphatic rings. The van der Waals surface area contributed by atoms with Gasteiger partial charge < -0.3 is 14.8 Å². The maximum atomic E-state index is 13.4. The van der Waals surface area contributed by atoms with Crippen LogP contribution in [0.5, 0.6) is 5.75 Å². The Morgan fingerprint density at radius 1 is 1.00 bits per heavy atom. The van der Waals surface area contributed by atoms with Gasteiger partial charge in [-0.25, -0.2) is 8.42 Å². The smallest absolute Gasteiger partial charge is 0.309 e. The van der Waals surface area contributed by atoms with E-state index in [2.05, 4.69) is 33.0 Å². The maximum Gasteiger partial charge on any atom is 0.309 e. The van der Waals surface area contributed by atoms with Gasteiger partial charge in [-0.05, 0) is 59.1 Å². The fourth-order valence-electron chi connectivity index (χ4n) is 4.55. The van der Waals surface area contributed by atoms with E-state index in [1.165, 1.54) is 14.2 Å². The van der Waals surface area contributed by atoms with Gasteiger partial charge in [-0.1, -0.05) is 65.7 Å². The van der Waals surface area contributed by atoms with Crippen LogP contribution < -0.4 is 10.1 Å². The summed E-state index contributed by atoms with van der Waals surface area (Å²) in [6.45, 7) is 10.1. The Bertz CT molecular complexity index is 1210. The highest BCUT2D eigenvalue weighted by Gasteiger charge is 2.25. The third-order valence-corrected chi connectivity index (χ3v) is 8.47. The molecule has 8 heteroatoms. The lowest BCUT2D eigenvalue weighted by molar-refractivity contribution is -0.139. The summed E-state index contributed by atoms with van der Waals surface area (Å²) in [5.74, 6) is -0.100. The number of hydrogen-bond acceptors (Lipinski definition) is 6. The largest absolute Gasteiger partial charge is 0.496 e. The van der Waals surface area contributed by atoms with E-state index in [9.17, 15) is 18.0 Å². The van der Waals surface area contributed by atoms with Crippen molar-refractivity contribution in [3.63, 3.8) is 0 Å². The molecule has 1 amide bonds. The molecule has 2 rings (SSSR count). The van der Waals surface area contributed by atoms with Crippen molar-refractivity contribution in [2.75, 3.05) is 25.3 Å². The number of unbranched alkanes of at least 4 members (excludes halogenated alkanes) is 1. The quantitative estimate of drug-likeness (QED) is 0.301. The summed E-state index contributed by atoms with van der Waals surface area (Å²) >= 11 is 0. The average molecular weight is 546 g/mol. The number of nitrogens with one attached hydrogen (secondary N) is 1. The van der Waals surface area contributed by atoms with Crippen molar-refractivity contribution in [3.8, 4) is 5.75 Å². The first-order chi connectivity index (χ1) is 17.9. The second-order valence-electron chi connectivity index (χ2n) is 10.7. The number of hydrogen-bond donors (Lipinski definition) is 1. The van der Waals surface area contributed by atoms with Crippen molar-refractivity contribution in [1.29, 1.82) is 0 Å². The Balaban J connectivity index is 2.39. The van der Waals surface area contributed by atoms with Crippen LogP contribution in [0, 0.1) is 0 Å². The molecule has 210 valence electrons. The third-order valence-electron chi connectivity index (χ3n) is 6.56. The van der Waals surface area contributed by atoms with Crippen LogP contribution in [0.15, 0.2) is 41.3 Å². The summed E-state index contributed by atoms with van der Waals surface area (Å²) < 4.78 is 35.6. The minimum atomic E-state index is -3.39. The fourth-order valence-corrected chi connectivity index (χ4v) is 5.88. The molecule has 1 atom stereocenters. The van der Waals surface area contributed by atoms with Crippen LogP contribution in [0.2, 0.25) is 0 Å². The highest BCUT2D eigenvalue weighted by Crippen LogP contribution is 2.36. The van der Waals surface area contributed by atoms with E-state index in [1.807, 2.05) is 25.1 Å². The molecule has 0 aliphatic heterocycles.